The molecule has 1 aromatic rings. The molecular formula is C18H28N2O4S. The second kappa shape index (κ2) is 8.78. The standard InChI is InChI=1S/C18H28N2O4S/c1-14(12-15(2)21)19-18(22)13-16-6-8-17(9-7-16)25(23,24)20-10-4-3-5-11-20/h6-9,14-15,21H,3-5,10-13H2,1-2H3,(H,19,22)/t14-,15+/m1/s1. The minimum absolute atomic E-state index is 0.105. The Labute approximate surface area is 150 Å². The molecule has 0 aliphatic carbocycles. The van der Waals surface area contributed by atoms with E-state index in [-0.39, 0.29) is 23.3 Å². The Bertz CT molecular complexity index is 665. The van der Waals surface area contributed by atoms with Crippen molar-refractivity contribution in [3.8, 4) is 0 Å². The summed E-state index contributed by atoms with van der Waals surface area (Å²) in [5, 5.41) is 12.2. The van der Waals surface area contributed by atoms with Crippen molar-refractivity contribution >= 4 is 15.9 Å². The average molecular weight is 368 g/mol. The maximum atomic E-state index is 12.6. The Morgan fingerprint density at radius 1 is 1.16 bits per heavy atom. The number of carbonyl (C=O) groups excluding carboxylic acids is 1. The van der Waals surface area contributed by atoms with Gasteiger partial charge in [0.25, 0.3) is 0 Å². The highest BCUT2D eigenvalue weighted by Gasteiger charge is 2.25. The number of nitrogens with one attached hydrogen (secondary N) is 1. The zero-order valence-electron chi connectivity index (χ0n) is 14.9. The Morgan fingerprint density at radius 3 is 2.32 bits per heavy atom. The molecule has 0 bridgehead atoms. The minimum atomic E-state index is -3.43. The zero-order chi connectivity index (χ0) is 18.4. The number of hydrogen-bond donors (Lipinski definition) is 2. The van der Waals surface area contributed by atoms with Crippen LogP contribution in [0.2, 0.25) is 0 Å². The lowest BCUT2D eigenvalue weighted by Crippen LogP contribution is -2.36. The van der Waals surface area contributed by atoms with Crippen LogP contribution >= 0.6 is 0 Å². The molecule has 1 amide bonds. The first-order valence-electron chi connectivity index (χ1n) is 8.85. The van der Waals surface area contributed by atoms with Gasteiger partial charge in [0.15, 0.2) is 0 Å². The molecule has 7 heteroatoms. The number of rotatable bonds is 7. The fourth-order valence-electron chi connectivity index (χ4n) is 3.12. The van der Waals surface area contributed by atoms with Crippen molar-refractivity contribution in [2.75, 3.05) is 13.1 Å². The topological polar surface area (TPSA) is 86.7 Å². The van der Waals surface area contributed by atoms with Crippen molar-refractivity contribution in [1.29, 1.82) is 0 Å². The number of amides is 1. The van der Waals surface area contributed by atoms with Crippen molar-refractivity contribution in [2.45, 2.75) is 63.0 Å². The van der Waals surface area contributed by atoms with Crippen molar-refractivity contribution < 1.29 is 18.3 Å². The molecule has 2 atom stereocenters. The summed E-state index contributed by atoms with van der Waals surface area (Å²) in [4.78, 5) is 12.3. The number of carbonyl (C=O) groups is 1. The maximum absolute atomic E-state index is 12.6. The molecule has 140 valence electrons. The van der Waals surface area contributed by atoms with Crippen LogP contribution in [0.4, 0.5) is 0 Å². The summed E-state index contributed by atoms with van der Waals surface area (Å²) in [6, 6.07) is 6.43. The SMILES string of the molecule is C[C@H](O)C[C@@H](C)NC(=O)Cc1ccc(S(=O)(=O)N2CCCCC2)cc1. The van der Waals surface area contributed by atoms with E-state index in [9.17, 15) is 18.3 Å². The molecular weight excluding hydrogens is 340 g/mol. The molecule has 2 rings (SSSR count). The number of benzene rings is 1. The van der Waals surface area contributed by atoms with Gasteiger partial charge < -0.3 is 10.4 Å². The van der Waals surface area contributed by atoms with E-state index in [1.807, 2.05) is 6.92 Å². The van der Waals surface area contributed by atoms with E-state index in [0.717, 1.165) is 24.8 Å². The largest absolute Gasteiger partial charge is 0.393 e. The molecule has 1 fully saturated rings. The molecule has 1 saturated heterocycles. The number of aliphatic hydroxyl groups is 1. The predicted octanol–water partition coefficient (Wildman–Crippen LogP) is 1.68. The second-order valence-corrected chi connectivity index (χ2v) is 8.78. The van der Waals surface area contributed by atoms with E-state index in [0.29, 0.717) is 19.5 Å². The maximum Gasteiger partial charge on any atom is 0.243 e. The number of piperidine rings is 1. The highest BCUT2D eigenvalue weighted by molar-refractivity contribution is 7.89. The van der Waals surface area contributed by atoms with Crippen LogP contribution in [0.1, 0.15) is 45.1 Å². The monoisotopic (exact) mass is 368 g/mol. The van der Waals surface area contributed by atoms with Crippen LogP contribution in [-0.4, -0.2) is 49.0 Å². The Hall–Kier alpha value is -1.44. The van der Waals surface area contributed by atoms with Gasteiger partial charge in [-0.25, -0.2) is 8.42 Å². The van der Waals surface area contributed by atoms with Crippen LogP contribution in [0.3, 0.4) is 0 Å². The third-order valence-corrected chi connectivity index (χ3v) is 6.26. The Kier molecular flexibility index (Phi) is 6.98. The summed E-state index contributed by atoms with van der Waals surface area (Å²) in [6.07, 6.45) is 3.11. The van der Waals surface area contributed by atoms with Crippen molar-refractivity contribution in [1.82, 2.24) is 9.62 Å². The molecule has 2 N–H and O–H groups in total. The van der Waals surface area contributed by atoms with Gasteiger partial charge >= 0.3 is 0 Å². The van der Waals surface area contributed by atoms with Crippen molar-refractivity contribution in [3.05, 3.63) is 29.8 Å². The molecule has 1 aliphatic rings. The molecule has 6 nitrogen and oxygen atoms in total. The van der Waals surface area contributed by atoms with Crippen LogP contribution < -0.4 is 5.32 Å². The van der Waals surface area contributed by atoms with Gasteiger partial charge in [-0.1, -0.05) is 18.6 Å². The highest BCUT2D eigenvalue weighted by Crippen LogP contribution is 2.21. The highest BCUT2D eigenvalue weighted by atomic mass is 32.2. The molecule has 1 aromatic carbocycles. The number of hydrogen-bond acceptors (Lipinski definition) is 4. The van der Waals surface area contributed by atoms with Crippen LogP contribution in [-0.2, 0) is 21.2 Å². The lowest BCUT2D eigenvalue weighted by atomic mass is 10.1. The summed E-state index contributed by atoms with van der Waals surface area (Å²) >= 11 is 0. The van der Waals surface area contributed by atoms with Gasteiger partial charge in [-0.15, -0.1) is 0 Å². The van der Waals surface area contributed by atoms with Gasteiger partial charge in [0.05, 0.1) is 17.4 Å². The Balaban J connectivity index is 1.96. The summed E-state index contributed by atoms with van der Waals surface area (Å²) in [5.41, 5.74) is 0.763. The molecule has 0 radical (unpaired) electrons. The first-order valence-corrected chi connectivity index (χ1v) is 10.3. The third-order valence-electron chi connectivity index (χ3n) is 4.34. The third kappa shape index (κ3) is 5.80. The van der Waals surface area contributed by atoms with E-state index >= 15 is 0 Å². The van der Waals surface area contributed by atoms with E-state index < -0.39 is 16.1 Å². The summed E-state index contributed by atoms with van der Waals surface area (Å²) < 4.78 is 26.7. The van der Waals surface area contributed by atoms with Crippen LogP contribution in [0.25, 0.3) is 0 Å². The molecule has 1 aliphatic heterocycles. The van der Waals surface area contributed by atoms with E-state index in [4.69, 9.17) is 0 Å². The van der Waals surface area contributed by atoms with Crippen molar-refractivity contribution in [3.63, 3.8) is 0 Å². The van der Waals surface area contributed by atoms with E-state index in [1.165, 1.54) is 4.31 Å². The normalized spacial score (nSPS) is 18.5. The van der Waals surface area contributed by atoms with Crippen LogP contribution in [0, 0.1) is 0 Å². The fourth-order valence-corrected chi connectivity index (χ4v) is 4.63. The second-order valence-electron chi connectivity index (χ2n) is 6.84. The van der Waals surface area contributed by atoms with Gasteiger partial charge in [-0.2, -0.15) is 4.31 Å². The average Bonchev–Trinajstić information content (AvgIpc) is 2.55. The quantitative estimate of drug-likeness (QED) is 0.767. The fraction of sp³-hybridized carbons (Fsp3) is 0.611. The predicted molar refractivity (Wildman–Crippen MR) is 96.7 cm³/mol. The molecule has 1 heterocycles. The number of nitrogens with zero attached hydrogens (tertiary/aromatic N) is 1. The zero-order valence-corrected chi connectivity index (χ0v) is 15.8. The summed E-state index contributed by atoms with van der Waals surface area (Å²) in [5.74, 6) is -0.139. The minimum Gasteiger partial charge on any atom is -0.393 e. The van der Waals surface area contributed by atoms with E-state index in [1.54, 1.807) is 31.2 Å². The van der Waals surface area contributed by atoms with Crippen LogP contribution in [0.15, 0.2) is 29.2 Å². The van der Waals surface area contributed by atoms with Gasteiger partial charge in [0, 0.05) is 19.1 Å². The van der Waals surface area contributed by atoms with Gasteiger partial charge in [0.1, 0.15) is 0 Å². The number of sulfonamides is 1. The first kappa shape index (κ1) is 19.9. The smallest absolute Gasteiger partial charge is 0.243 e. The lowest BCUT2D eigenvalue weighted by molar-refractivity contribution is -0.121. The molecule has 0 aromatic heterocycles. The number of aliphatic hydroxyl groups excluding tert-OH is 1. The van der Waals surface area contributed by atoms with Crippen LogP contribution in [0.5, 0.6) is 0 Å². The summed E-state index contributed by atoms with van der Waals surface area (Å²) in [7, 11) is -3.43. The molecule has 0 spiro atoms. The summed E-state index contributed by atoms with van der Waals surface area (Å²) in [6.45, 7) is 4.68. The van der Waals surface area contributed by atoms with Gasteiger partial charge in [0.2, 0.25) is 15.9 Å². The van der Waals surface area contributed by atoms with Crippen molar-refractivity contribution in [2.24, 2.45) is 0 Å². The lowest BCUT2D eigenvalue weighted by Gasteiger charge is -2.25. The molecule has 0 saturated carbocycles. The first-order chi connectivity index (χ1) is 11.8. The van der Waals surface area contributed by atoms with E-state index in [2.05, 4.69) is 5.32 Å². The Morgan fingerprint density at radius 2 is 1.76 bits per heavy atom. The van der Waals surface area contributed by atoms with Gasteiger partial charge in [-0.3, -0.25) is 4.79 Å². The van der Waals surface area contributed by atoms with Gasteiger partial charge in [-0.05, 0) is 50.8 Å². The molecule has 25 heavy (non-hydrogen) atoms. The molecule has 0 unspecified atom stereocenters.